The number of halogens is 1. The molecule has 1 aromatic carbocycles. The lowest BCUT2D eigenvalue weighted by molar-refractivity contribution is 0.613. The van der Waals surface area contributed by atoms with Gasteiger partial charge in [0, 0.05) is 0 Å². The van der Waals surface area contributed by atoms with Crippen molar-refractivity contribution in [3.05, 3.63) is 40.5 Å². The summed E-state index contributed by atoms with van der Waals surface area (Å²) in [4.78, 5) is 0. The average Bonchev–Trinajstić information content (AvgIpc) is 1.98. The highest BCUT2D eigenvalue weighted by molar-refractivity contribution is 5.25. The van der Waals surface area contributed by atoms with Gasteiger partial charge in [0.1, 0.15) is 5.82 Å². The van der Waals surface area contributed by atoms with E-state index in [2.05, 4.69) is 5.32 Å². The Labute approximate surface area is 66.2 Å². The average molecular weight is 152 g/mol. The van der Waals surface area contributed by atoms with Crippen molar-refractivity contribution < 1.29 is 4.39 Å². The van der Waals surface area contributed by atoms with Crippen LogP contribution in [0.25, 0.3) is 5.32 Å². The Kier molecular flexibility index (Phi) is 2.60. The third-order valence-corrected chi connectivity index (χ3v) is 1.53. The van der Waals surface area contributed by atoms with Gasteiger partial charge in [0.05, 0.1) is 0 Å². The molecule has 0 amide bonds. The predicted octanol–water partition coefficient (Wildman–Crippen LogP) is 2.64. The normalized spacial score (nSPS) is 10.1. The molecule has 0 heterocycles. The van der Waals surface area contributed by atoms with Gasteiger partial charge in [-0.2, -0.15) is 7.05 Å². The number of nitrogens with zero attached hydrogens (tertiary/aromatic N) is 1. The van der Waals surface area contributed by atoms with E-state index in [-0.39, 0.29) is 5.82 Å². The second-order valence-corrected chi connectivity index (χ2v) is 2.57. The number of aryl methyl sites for hydroxylation is 1. The van der Waals surface area contributed by atoms with E-state index in [9.17, 15) is 4.39 Å². The van der Waals surface area contributed by atoms with Gasteiger partial charge < -0.3 is 5.32 Å². The highest BCUT2D eigenvalue weighted by Crippen LogP contribution is 2.11. The van der Waals surface area contributed by atoms with Gasteiger partial charge in [0.25, 0.3) is 0 Å². The molecule has 0 saturated heterocycles. The minimum absolute atomic E-state index is 0.166. The molecular weight excluding hydrogens is 141 g/mol. The van der Waals surface area contributed by atoms with Crippen LogP contribution in [0.4, 0.5) is 4.39 Å². The second-order valence-electron chi connectivity index (χ2n) is 2.57. The van der Waals surface area contributed by atoms with E-state index in [1.165, 1.54) is 6.07 Å². The maximum absolute atomic E-state index is 12.9. The summed E-state index contributed by atoms with van der Waals surface area (Å²) < 4.78 is 12.9. The molecule has 0 atom stereocenters. The Balaban J connectivity index is 2.93. The van der Waals surface area contributed by atoms with Crippen LogP contribution >= 0.6 is 0 Å². The SMILES string of the molecule is C[N-]Cc1cc(C)ccc1F. The largest absolute Gasteiger partial charge is 0.661 e. The standard InChI is InChI=1S/C9H11FN/c1-7-3-4-9(10)8(5-7)6-11-2/h3-5H,6H2,1-2H3/q-1. The van der Waals surface area contributed by atoms with E-state index < -0.39 is 0 Å². The molecule has 11 heavy (non-hydrogen) atoms. The molecule has 0 unspecified atom stereocenters. The monoisotopic (exact) mass is 152 g/mol. The van der Waals surface area contributed by atoms with E-state index in [1.807, 2.05) is 13.0 Å². The summed E-state index contributed by atoms with van der Waals surface area (Å²) in [6, 6.07) is 5.06. The first-order valence-electron chi connectivity index (χ1n) is 3.54. The van der Waals surface area contributed by atoms with Crippen LogP contribution in [0.1, 0.15) is 11.1 Å². The molecule has 0 saturated carbocycles. The van der Waals surface area contributed by atoms with Gasteiger partial charge in [-0.05, 0) is 18.6 Å². The lowest BCUT2D eigenvalue weighted by Gasteiger charge is -2.12. The number of rotatable bonds is 2. The third kappa shape index (κ3) is 2.02. The number of hydrogen-bond donors (Lipinski definition) is 0. The summed E-state index contributed by atoms with van der Waals surface area (Å²) in [7, 11) is 1.68. The van der Waals surface area contributed by atoms with E-state index in [0.29, 0.717) is 12.1 Å². The van der Waals surface area contributed by atoms with Crippen LogP contribution in [-0.4, -0.2) is 7.05 Å². The first kappa shape index (κ1) is 8.21. The molecule has 60 valence electrons. The molecule has 0 fully saturated rings. The second kappa shape index (κ2) is 3.49. The van der Waals surface area contributed by atoms with E-state index in [0.717, 1.165) is 5.56 Å². The minimum Gasteiger partial charge on any atom is -0.661 e. The quantitative estimate of drug-likeness (QED) is 0.618. The zero-order chi connectivity index (χ0) is 8.27. The van der Waals surface area contributed by atoms with E-state index >= 15 is 0 Å². The zero-order valence-electron chi connectivity index (χ0n) is 6.76. The van der Waals surface area contributed by atoms with Gasteiger partial charge in [-0.3, -0.25) is 0 Å². The Morgan fingerprint density at radius 1 is 1.45 bits per heavy atom. The van der Waals surface area contributed by atoms with Crippen molar-refractivity contribution in [3.8, 4) is 0 Å². The maximum atomic E-state index is 12.9. The van der Waals surface area contributed by atoms with Crippen molar-refractivity contribution >= 4 is 0 Å². The minimum atomic E-state index is -0.166. The fraction of sp³-hybridized carbons (Fsp3) is 0.333. The summed E-state index contributed by atoms with van der Waals surface area (Å²) >= 11 is 0. The van der Waals surface area contributed by atoms with Crippen molar-refractivity contribution in [2.24, 2.45) is 0 Å². The number of hydrogen-bond acceptors (Lipinski definition) is 0. The third-order valence-electron chi connectivity index (χ3n) is 1.53. The molecule has 0 spiro atoms. The van der Waals surface area contributed by atoms with Gasteiger partial charge in [-0.1, -0.05) is 17.7 Å². The molecule has 0 aliphatic carbocycles. The molecule has 1 nitrogen and oxygen atoms in total. The lowest BCUT2D eigenvalue weighted by Crippen LogP contribution is -1.89. The number of benzene rings is 1. The first-order chi connectivity index (χ1) is 5.24. The van der Waals surface area contributed by atoms with Gasteiger partial charge in [-0.25, -0.2) is 4.39 Å². The molecule has 0 aliphatic heterocycles. The molecule has 0 aliphatic rings. The van der Waals surface area contributed by atoms with Crippen LogP contribution in [0.3, 0.4) is 0 Å². The molecule has 1 aromatic rings. The van der Waals surface area contributed by atoms with E-state index in [1.54, 1.807) is 13.1 Å². The first-order valence-corrected chi connectivity index (χ1v) is 3.54. The lowest BCUT2D eigenvalue weighted by atomic mass is 10.1. The summed E-state index contributed by atoms with van der Waals surface area (Å²) in [5.41, 5.74) is 1.75. The van der Waals surface area contributed by atoms with Crippen LogP contribution in [0.15, 0.2) is 18.2 Å². The highest BCUT2D eigenvalue weighted by Gasteiger charge is 1.95. The van der Waals surface area contributed by atoms with Crippen molar-refractivity contribution in [2.75, 3.05) is 7.05 Å². The Morgan fingerprint density at radius 2 is 2.18 bits per heavy atom. The van der Waals surface area contributed by atoms with Crippen LogP contribution < -0.4 is 0 Å². The van der Waals surface area contributed by atoms with Crippen LogP contribution in [0.5, 0.6) is 0 Å². The highest BCUT2D eigenvalue weighted by atomic mass is 19.1. The molecule has 0 N–H and O–H groups in total. The maximum Gasteiger partial charge on any atom is 0.124 e. The fourth-order valence-corrected chi connectivity index (χ4v) is 0.995. The van der Waals surface area contributed by atoms with Gasteiger partial charge in [0.2, 0.25) is 0 Å². The van der Waals surface area contributed by atoms with Crippen molar-refractivity contribution in [1.29, 1.82) is 0 Å². The van der Waals surface area contributed by atoms with Crippen molar-refractivity contribution in [2.45, 2.75) is 13.5 Å². The smallest absolute Gasteiger partial charge is 0.124 e. The molecular formula is C9H11FN-. The van der Waals surface area contributed by atoms with Gasteiger partial charge in [0.15, 0.2) is 0 Å². The zero-order valence-corrected chi connectivity index (χ0v) is 6.76. The Hall–Kier alpha value is -0.890. The molecule has 0 aromatic heterocycles. The van der Waals surface area contributed by atoms with Crippen molar-refractivity contribution in [3.63, 3.8) is 0 Å². The summed E-state index contributed by atoms with van der Waals surface area (Å²) in [5.74, 6) is -0.166. The van der Waals surface area contributed by atoms with Crippen molar-refractivity contribution in [1.82, 2.24) is 0 Å². The summed E-state index contributed by atoms with van der Waals surface area (Å²) in [6.07, 6.45) is 0. The molecule has 0 radical (unpaired) electrons. The van der Waals surface area contributed by atoms with E-state index in [4.69, 9.17) is 0 Å². The van der Waals surface area contributed by atoms with Crippen LogP contribution in [0.2, 0.25) is 0 Å². The van der Waals surface area contributed by atoms with Crippen LogP contribution in [-0.2, 0) is 6.54 Å². The van der Waals surface area contributed by atoms with Gasteiger partial charge in [-0.15, -0.1) is 6.54 Å². The Bertz CT molecular complexity index is 245. The molecule has 2 heteroatoms. The summed E-state index contributed by atoms with van der Waals surface area (Å²) in [6.45, 7) is 2.41. The molecule has 0 bridgehead atoms. The predicted molar refractivity (Wildman–Crippen MR) is 44.1 cm³/mol. The fourth-order valence-electron chi connectivity index (χ4n) is 0.995. The topological polar surface area (TPSA) is 14.1 Å². The van der Waals surface area contributed by atoms with Crippen LogP contribution in [0, 0.1) is 12.7 Å². The Morgan fingerprint density at radius 3 is 2.82 bits per heavy atom. The van der Waals surface area contributed by atoms with Gasteiger partial charge >= 0.3 is 0 Å². The molecule has 1 rings (SSSR count). The summed E-state index contributed by atoms with van der Waals surface area (Å²) in [5, 5.41) is 3.87.